The Morgan fingerprint density at radius 1 is 1.03 bits per heavy atom. The molecule has 0 fully saturated rings. The Labute approximate surface area is 216 Å². The van der Waals surface area contributed by atoms with Crippen molar-refractivity contribution in [2.75, 3.05) is 0 Å². The van der Waals surface area contributed by atoms with Crippen LogP contribution in [0.4, 0.5) is 13.2 Å². The minimum absolute atomic E-state index is 0.136. The molecule has 4 rings (SSSR count). The maximum atomic E-state index is 13.3. The van der Waals surface area contributed by atoms with Gasteiger partial charge >= 0.3 is 6.18 Å². The first-order valence-electron chi connectivity index (χ1n) is 10.2. The average molecular weight is 582 g/mol. The molecule has 1 amide bonds. The fraction of sp³-hybridized carbons (Fsp3) is 0.125. The summed E-state index contributed by atoms with van der Waals surface area (Å²) >= 11 is 11.0. The molecule has 1 N–H and O–H groups in total. The SMILES string of the molecule is O=C(NCc1nnc(SCc2ccc(Br)cc2)n1-c1cccc(Cl)c1)c1ccccc1C(F)(F)F. The van der Waals surface area contributed by atoms with Gasteiger partial charge < -0.3 is 5.32 Å². The van der Waals surface area contributed by atoms with Crippen LogP contribution in [0.25, 0.3) is 5.69 Å². The fourth-order valence-corrected chi connectivity index (χ4v) is 4.67. The minimum Gasteiger partial charge on any atom is -0.345 e. The quantitative estimate of drug-likeness (QED) is 0.241. The first-order chi connectivity index (χ1) is 16.7. The highest BCUT2D eigenvalue weighted by Crippen LogP contribution is 2.32. The number of thioether (sulfide) groups is 1. The number of halogens is 5. The number of nitrogens with one attached hydrogen (secondary N) is 1. The maximum Gasteiger partial charge on any atom is 0.417 e. The molecule has 0 aliphatic heterocycles. The lowest BCUT2D eigenvalue weighted by atomic mass is 10.1. The number of hydrogen-bond acceptors (Lipinski definition) is 4. The van der Waals surface area contributed by atoms with E-state index in [-0.39, 0.29) is 6.54 Å². The third-order valence-corrected chi connectivity index (χ3v) is 6.70. The third kappa shape index (κ3) is 6.25. The van der Waals surface area contributed by atoms with Crippen LogP contribution in [-0.4, -0.2) is 20.7 Å². The van der Waals surface area contributed by atoms with Gasteiger partial charge in [-0.3, -0.25) is 9.36 Å². The number of carbonyl (C=O) groups is 1. The second kappa shape index (κ2) is 10.8. The van der Waals surface area contributed by atoms with E-state index >= 15 is 0 Å². The summed E-state index contributed by atoms with van der Waals surface area (Å²) in [5, 5.41) is 12.0. The molecule has 0 aliphatic carbocycles. The van der Waals surface area contributed by atoms with Gasteiger partial charge in [0.2, 0.25) is 0 Å². The average Bonchev–Trinajstić information content (AvgIpc) is 3.24. The molecular weight excluding hydrogens is 565 g/mol. The molecular formula is C24H17BrClF3N4OS. The van der Waals surface area contributed by atoms with Gasteiger partial charge in [-0.2, -0.15) is 13.2 Å². The lowest BCUT2D eigenvalue weighted by Crippen LogP contribution is -2.27. The van der Waals surface area contributed by atoms with E-state index in [0.717, 1.165) is 22.2 Å². The summed E-state index contributed by atoms with van der Waals surface area (Å²) in [7, 11) is 0. The monoisotopic (exact) mass is 580 g/mol. The van der Waals surface area contributed by atoms with Gasteiger partial charge in [0.1, 0.15) is 0 Å². The van der Waals surface area contributed by atoms with E-state index < -0.39 is 23.2 Å². The summed E-state index contributed by atoms with van der Waals surface area (Å²) < 4.78 is 42.7. The molecule has 35 heavy (non-hydrogen) atoms. The number of hydrogen-bond donors (Lipinski definition) is 1. The summed E-state index contributed by atoms with van der Waals surface area (Å²) in [5.41, 5.74) is 0.274. The van der Waals surface area contributed by atoms with E-state index in [2.05, 4.69) is 31.4 Å². The van der Waals surface area contributed by atoms with Crippen LogP contribution >= 0.6 is 39.3 Å². The summed E-state index contributed by atoms with van der Waals surface area (Å²) in [6.07, 6.45) is -4.65. The second-order valence-electron chi connectivity index (χ2n) is 7.36. The number of alkyl halides is 3. The number of carbonyl (C=O) groups excluding carboxylic acids is 1. The number of amides is 1. The fourth-order valence-electron chi connectivity index (χ4n) is 3.29. The standard InChI is InChI=1S/C24H17BrClF3N4OS/c25-16-10-8-15(9-11-16)14-35-23-32-31-21(33(23)18-5-3-4-17(26)12-18)13-30-22(34)19-6-1-2-7-20(19)24(27,28)29/h1-12H,13-14H2,(H,30,34). The molecule has 5 nitrogen and oxygen atoms in total. The second-order valence-corrected chi connectivity index (χ2v) is 9.65. The van der Waals surface area contributed by atoms with Crippen molar-refractivity contribution in [3.8, 4) is 5.69 Å². The predicted octanol–water partition coefficient (Wildman–Crippen LogP) is 6.92. The number of aromatic nitrogens is 3. The molecule has 1 aromatic heterocycles. The molecule has 0 saturated heterocycles. The summed E-state index contributed by atoms with van der Waals surface area (Å²) in [6, 6.07) is 19.5. The van der Waals surface area contributed by atoms with Gasteiger partial charge in [-0.25, -0.2) is 0 Å². The van der Waals surface area contributed by atoms with Crippen LogP contribution < -0.4 is 5.32 Å². The molecule has 0 unspecified atom stereocenters. The van der Waals surface area contributed by atoms with Gasteiger partial charge in [-0.1, -0.05) is 69.6 Å². The van der Waals surface area contributed by atoms with Crippen LogP contribution in [0.3, 0.4) is 0 Å². The van der Waals surface area contributed by atoms with E-state index in [1.54, 1.807) is 22.8 Å². The first-order valence-corrected chi connectivity index (χ1v) is 12.4. The topological polar surface area (TPSA) is 59.8 Å². The van der Waals surface area contributed by atoms with E-state index in [1.807, 2.05) is 30.3 Å². The Balaban J connectivity index is 1.59. The molecule has 180 valence electrons. The lowest BCUT2D eigenvalue weighted by Gasteiger charge is -2.14. The molecule has 11 heteroatoms. The van der Waals surface area contributed by atoms with E-state index in [1.165, 1.54) is 23.9 Å². The normalized spacial score (nSPS) is 11.5. The zero-order chi connectivity index (χ0) is 25.0. The Morgan fingerprint density at radius 2 is 1.77 bits per heavy atom. The largest absolute Gasteiger partial charge is 0.417 e. The minimum atomic E-state index is -4.65. The Hall–Kier alpha value is -2.82. The number of rotatable bonds is 7. The van der Waals surface area contributed by atoms with Gasteiger partial charge in [0.05, 0.1) is 23.4 Å². The maximum absolute atomic E-state index is 13.3. The third-order valence-electron chi connectivity index (χ3n) is 4.93. The molecule has 0 radical (unpaired) electrons. The zero-order valence-corrected chi connectivity index (χ0v) is 21.0. The van der Waals surface area contributed by atoms with Crippen LogP contribution in [0.1, 0.15) is 27.3 Å². The van der Waals surface area contributed by atoms with Crippen molar-refractivity contribution in [3.05, 3.63) is 105 Å². The van der Waals surface area contributed by atoms with Crippen LogP contribution in [0.2, 0.25) is 5.02 Å². The summed E-state index contributed by atoms with van der Waals surface area (Å²) in [6.45, 7) is -0.136. The van der Waals surface area contributed by atoms with Gasteiger partial charge in [0.25, 0.3) is 5.91 Å². The van der Waals surface area contributed by atoms with Crippen molar-refractivity contribution in [2.24, 2.45) is 0 Å². The van der Waals surface area contributed by atoms with Crippen molar-refractivity contribution in [1.29, 1.82) is 0 Å². The molecule has 0 bridgehead atoms. The highest BCUT2D eigenvalue weighted by Gasteiger charge is 2.34. The van der Waals surface area contributed by atoms with Crippen molar-refractivity contribution in [3.63, 3.8) is 0 Å². The summed E-state index contributed by atoms with van der Waals surface area (Å²) in [4.78, 5) is 12.6. The molecule has 0 atom stereocenters. The Bertz CT molecular complexity index is 1350. The van der Waals surface area contributed by atoms with E-state index in [4.69, 9.17) is 11.6 Å². The van der Waals surface area contributed by atoms with Crippen LogP contribution in [0, 0.1) is 0 Å². The molecule has 4 aromatic rings. The van der Waals surface area contributed by atoms with Crippen molar-refractivity contribution < 1.29 is 18.0 Å². The van der Waals surface area contributed by atoms with Crippen molar-refractivity contribution >= 4 is 45.2 Å². The van der Waals surface area contributed by atoms with Crippen molar-refractivity contribution in [1.82, 2.24) is 20.1 Å². The first kappa shape index (κ1) is 25.3. The molecule has 0 saturated carbocycles. The predicted molar refractivity (Wildman–Crippen MR) is 133 cm³/mol. The van der Waals surface area contributed by atoms with Gasteiger partial charge in [-0.15, -0.1) is 10.2 Å². The van der Waals surface area contributed by atoms with Crippen LogP contribution in [0.15, 0.2) is 82.4 Å². The zero-order valence-electron chi connectivity index (χ0n) is 17.9. The molecule has 0 spiro atoms. The number of benzene rings is 3. The molecule has 0 aliphatic rings. The Kier molecular flexibility index (Phi) is 7.83. The van der Waals surface area contributed by atoms with Crippen LogP contribution in [0.5, 0.6) is 0 Å². The van der Waals surface area contributed by atoms with Gasteiger partial charge in [0, 0.05) is 15.2 Å². The molecule has 3 aromatic carbocycles. The highest BCUT2D eigenvalue weighted by molar-refractivity contribution is 9.10. The highest BCUT2D eigenvalue weighted by atomic mass is 79.9. The van der Waals surface area contributed by atoms with Crippen LogP contribution in [-0.2, 0) is 18.5 Å². The van der Waals surface area contributed by atoms with E-state index in [0.29, 0.717) is 27.4 Å². The lowest BCUT2D eigenvalue weighted by molar-refractivity contribution is -0.137. The Morgan fingerprint density at radius 3 is 2.49 bits per heavy atom. The van der Waals surface area contributed by atoms with Gasteiger partial charge in [0.15, 0.2) is 11.0 Å². The van der Waals surface area contributed by atoms with Gasteiger partial charge in [-0.05, 0) is 48.0 Å². The summed E-state index contributed by atoms with van der Waals surface area (Å²) in [5.74, 6) is 0.100. The van der Waals surface area contributed by atoms with Crippen molar-refractivity contribution in [2.45, 2.75) is 23.6 Å². The number of nitrogens with zero attached hydrogens (tertiary/aromatic N) is 3. The smallest absolute Gasteiger partial charge is 0.345 e. The van der Waals surface area contributed by atoms with E-state index in [9.17, 15) is 18.0 Å². The molecule has 1 heterocycles.